The Morgan fingerprint density at radius 3 is 2.62 bits per heavy atom. The zero-order chi connectivity index (χ0) is 15.4. The van der Waals surface area contributed by atoms with Crippen LogP contribution in [0.5, 0.6) is 17.2 Å². The Hall–Kier alpha value is -3.14. The summed E-state index contributed by atoms with van der Waals surface area (Å²) in [6.45, 7) is 0. The fourth-order valence-electron chi connectivity index (χ4n) is 1.67. The molecule has 0 amide bonds. The maximum atomic E-state index is 13.3. The van der Waals surface area contributed by atoms with Crippen molar-refractivity contribution in [2.24, 2.45) is 0 Å². The lowest BCUT2D eigenvalue weighted by molar-refractivity contribution is -0.384. The normalized spacial score (nSPS) is 9.76. The average Bonchev–Trinajstić information content (AvgIpc) is 2.46. The molecule has 2 aromatic rings. The predicted octanol–water partition coefficient (Wildman–Crippen LogP) is 3.41. The van der Waals surface area contributed by atoms with Gasteiger partial charge in [-0.25, -0.2) is 4.39 Å². The van der Waals surface area contributed by atoms with Gasteiger partial charge < -0.3 is 9.47 Å². The van der Waals surface area contributed by atoms with Gasteiger partial charge in [-0.15, -0.1) is 0 Å². The third kappa shape index (κ3) is 3.25. The Kier molecular flexibility index (Phi) is 4.00. The molecule has 0 radical (unpaired) electrons. The molecular weight excluding hydrogens is 279 g/mol. The summed E-state index contributed by atoms with van der Waals surface area (Å²) in [4.78, 5) is 10.1. The van der Waals surface area contributed by atoms with E-state index in [1.54, 1.807) is 6.07 Å². The first-order valence-corrected chi connectivity index (χ1v) is 5.74. The molecule has 0 aliphatic carbocycles. The Labute approximate surface area is 119 Å². The van der Waals surface area contributed by atoms with Crippen molar-refractivity contribution < 1.29 is 18.8 Å². The molecule has 0 heterocycles. The average molecular weight is 288 g/mol. The third-order valence-electron chi connectivity index (χ3n) is 2.59. The summed E-state index contributed by atoms with van der Waals surface area (Å²) in [6.07, 6.45) is 0. The summed E-state index contributed by atoms with van der Waals surface area (Å²) < 4.78 is 23.7. The summed E-state index contributed by atoms with van der Waals surface area (Å²) >= 11 is 0. The van der Waals surface area contributed by atoms with Crippen LogP contribution in [0.1, 0.15) is 5.56 Å². The van der Waals surface area contributed by atoms with Crippen molar-refractivity contribution in [1.29, 1.82) is 5.26 Å². The Balaban J connectivity index is 2.37. The SMILES string of the molecule is COc1cc([N+](=O)[O-])ccc1Oc1cc(F)cc(C#N)c1. The van der Waals surface area contributed by atoms with Crippen LogP contribution in [0.25, 0.3) is 0 Å². The molecule has 0 spiro atoms. The number of nitrogens with zero attached hydrogens (tertiary/aromatic N) is 2. The number of methoxy groups -OCH3 is 1. The molecule has 0 saturated heterocycles. The monoisotopic (exact) mass is 288 g/mol. The van der Waals surface area contributed by atoms with E-state index in [0.717, 1.165) is 12.1 Å². The molecule has 0 bridgehead atoms. The summed E-state index contributed by atoms with van der Waals surface area (Å²) in [5, 5.41) is 19.5. The molecule has 6 nitrogen and oxygen atoms in total. The molecule has 0 aliphatic heterocycles. The Morgan fingerprint density at radius 1 is 1.24 bits per heavy atom. The minimum Gasteiger partial charge on any atom is -0.493 e. The van der Waals surface area contributed by atoms with Gasteiger partial charge in [0, 0.05) is 12.1 Å². The molecule has 0 atom stereocenters. The summed E-state index contributed by atoms with van der Waals surface area (Å²) in [7, 11) is 1.33. The van der Waals surface area contributed by atoms with Gasteiger partial charge in [-0.2, -0.15) is 5.26 Å². The van der Waals surface area contributed by atoms with Crippen LogP contribution < -0.4 is 9.47 Å². The van der Waals surface area contributed by atoms with Crippen LogP contribution in [0.3, 0.4) is 0 Å². The van der Waals surface area contributed by atoms with Gasteiger partial charge >= 0.3 is 0 Å². The number of hydrogen-bond donors (Lipinski definition) is 0. The van der Waals surface area contributed by atoms with Gasteiger partial charge in [-0.3, -0.25) is 10.1 Å². The molecule has 0 aromatic heterocycles. The van der Waals surface area contributed by atoms with Gasteiger partial charge in [0.25, 0.3) is 5.69 Å². The minimum atomic E-state index is -0.620. The van der Waals surface area contributed by atoms with Crippen LogP contribution in [0.4, 0.5) is 10.1 Å². The number of rotatable bonds is 4. The van der Waals surface area contributed by atoms with Crippen LogP contribution in [0.2, 0.25) is 0 Å². The van der Waals surface area contributed by atoms with Crippen LogP contribution in [-0.4, -0.2) is 12.0 Å². The molecule has 106 valence electrons. The second-order valence-corrected chi connectivity index (χ2v) is 3.98. The van der Waals surface area contributed by atoms with Crippen LogP contribution in [-0.2, 0) is 0 Å². The number of benzene rings is 2. The number of halogens is 1. The van der Waals surface area contributed by atoms with E-state index in [1.165, 1.54) is 31.4 Å². The van der Waals surface area contributed by atoms with Gasteiger partial charge in [0.15, 0.2) is 11.5 Å². The molecule has 0 N–H and O–H groups in total. The summed E-state index contributed by atoms with van der Waals surface area (Å²) in [6, 6.07) is 9.10. The smallest absolute Gasteiger partial charge is 0.273 e. The zero-order valence-electron chi connectivity index (χ0n) is 10.9. The molecule has 2 aromatic carbocycles. The number of non-ortho nitro benzene ring substituents is 1. The van der Waals surface area contributed by atoms with Gasteiger partial charge in [0.05, 0.1) is 29.7 Å². The van der Waals surface area contributed by atoms with Gasteiger partial charge in [-0.05, 0) is 18.2 Å². The van der Waals surface area contributed by atoms with E-state index in [1.807, 2.05) is 0 Å². The quantitative estimate of drug-likeness (QED) is 0.635. The lowest BCUT2D eigenvalue weighted by Crippen LogP contribution is -1.94. The van der Waals surface area contributed by atoms with E-state index < -0.39 is 10.7 Å². The molecule has 0 aliphatic rings. The van der Waals surface area contributed by atoms with Gasteiger partial charge in [-0.1, -0.05) is 0 Å². The van der Waals surface area contributed by atoms with E-state index in [0.29, 0.717) is 0 Å². The first kappa shape index (κ1) is 14.3. The predicted molar refractivity (Wildman–Crippen MR) is 70.8 cm³/mol. The van der Waals surface area contributed by atoms with Crippen LogP contribution in [0.15, 0.2) is 36.4 Å². The van der Waals surface area contributed by atoms with Crippen molar-refractivity contribution in [2.45, 2.75) is 0 Å². The highest BCUT2D eigenvalue weighted by Crippen LogP contribution is 2.34. The Bertz CT molecular complexity index is 740. The van der Waals surface area contributed by atoms with Crippen molar-refractivity contribution in [3.63, 3.8) is 0 Å². The fraction of sp³-hybridized carbons (Fsp3) is 0.0714. The van der Waals surface area contributed by atoms with Crippen LogP contribution >= 0.6 is 0 Å². The highest BCUT2D eigenvalue weighted by molar-refractivity contribution is 5.50. The minimum absolute atomic E-state index is 0.0960. The summed E-state index contributed by atoms with van der Waals surface area (Å²) in [5.41, 5.74) is -0.0537. The zero-order valence-corrected chi connectivity index (χ0v) is 10.9. The molecule has 0 unspecified atom stereocenters. The molecule has 2 rings (SSSR count). The number of ether oxygens (including phenoxy) is 2. The highest BCUT2D eigenvalue weighted by atomic mass is 19.1. The Morgan fingerprint density at radius 2 is 2.00 bits per heavy atom. The van der Waals surface area contributed by atoms with Gasteiger partial charge in [0.2, 0.25) is 0 Å². The van der Waals surface area contributed by atoms with Crippen molar-refractivity contribution >= 4 is 5.69 Å². The molecular formula is C14H9FN2O4. The van der Waals surface area contributed by atoms with Crippen molar-refractivity contribution in [3.05, 3.63) is 57.9 Å². The van der Waals surface area contributed by atoms with Crippen molar-refractivity contribution in [1.82, 2.24) is 0 Å². The second kappa shape index (κ2) is 5.88. The lowest BCUT2D eigenvalue weighted by Gasteiger charge is -2.10. The molecule has 21 heavy (non-hydrogen) atoms. The van der Waals surface area contributed by atoms with Gasteiger partial charge in [0.1, 0.15) is 11.6 Å². The topological polar surface area (TPSA) is 85.4 Å². The molecule has 0 fully saturated rings. The van der Waals surface area contributed by atoms with E-state index >= 15 is 0 Å². The van der Waals surface area contributed by atoms with Crippen molar-refractivity contribution in [3.8, 4) is 23.3 Å². The van der Waals surface area contributed by atoms with Crippen LogP contribution in [0, 0.1) is 27.3 Å². The maximum Gasteiger partial charge on any atom is 0.273 e. The van der Waals surface area contributed by atoms with E-state index in [9.17, 15) is 14.5 Å². The third-order valence-corrected chi connectivity index (χ3v) is 2.59. The maximum absolute atomic E-state index is 13.3. The first-order chi connectivity index (χ1) is 10.0. The number of nitro benzene ring substituents is 1. The fourth-order valence-corrected chi connectivity index (χ4v) is 1.67. The number of hydrogen-bond acceptors (Lipinski definition) is 5. The van der Waals surface area contributed by atoms with E-state index in [2.05, 4.69) is 0 Å². The standard InChI is InChI=1S/C14H9FN2O4/c1-20-14-7-11(17(18)19)2-3-13(14)21-12-5-9(8-16)4-10(15)6-12/h2-7H,1H3. The van der Waals surface area contributed by atoms with E-state index in [4.69, 9.17) is 14.7 Å². The highest BCUT2D eigenvalue weighted by Gasteiger charge is 2.13. The lowest BCUT2D eigenvalue weighted by atomic mass is 10.2. The second-order valence-electron chi connectivity index (χ2n) is 3.98. The number of nitro groups is 1. The molecule has 0 saturated carbocycles. The van der Waals surface area contributed by atoms with E-state index in [-0.39, 0.29) is 28.5 Å². The summed E-state index contributed by atoms with van der Waals surface area (Å²) in [5.74, 6) is -0.215. The molecule has 7 heteroatoms. The van der Waals surface area contributed by atoms with Crippen molar-refractivity contribution in [2.75, 3.05) is 7.11 Å². The number of nitriles is 1. The first-order valence-electron chi connectivity index (χ1n) is 5.74. The largest absolute Gasteiger partial charge is 0.493 e.